The van der Waals surface area contributed by atoms with Crippen LogP contribution in [-0.4, -0.2) is 0 Å². The summed E-state index contributed by atoms with van der Waals surface area (Å²) in [6.07, 6.45) is 0. The van der Waals surface area contributed by atoms with Gasteiger partial charge in [-0.15, -0.1) is 0 Å². The molecule has 98 valence electrons. The quantitative estimate of drug-likeness (QED) is 0.237. The first kappa shape index (κ1) is 12.8. The van der Waals surface area contributed by atoms with E-state index in [4.69, 9.17) is 46.4 Å². The lowest BCUT2D eigenvalue weighted by Gasteiger charge is -2.11. The molecule has 0 unspecified atom stereocenters. The molecule has 0 atom stereocenters. The molecule has 0 nitrogen and oxygen atoms in total. The van der Waals surface area contributed by atoms with Crippen molar-refractivity contribution < 1.29 is 0 Å². The van der Waals surface area contributed by atoms with Gasteiger partial charge in [-0.3, -0.25) is 0 Å². The van der Waals surface area contributed by atoms with Crippen molar-refractivity contribution in [2.45, 2.75) is 0 Å². The summed E-state index contributed by atoms with van der Waals surface area (Å²) in [6.45, 7) is 0. The van der Waals surface area contributed by atoms with Gasteiger partial charge in [0.15, 0.2) is 0 Å². The number of hydrogen-bond acceptors (Lipinski definition) is 0. The third-order valence-corrected chi connectivity index (χ3v) is 5.51. The van der Waals surface area contributed by atoms with Crippen LogP contribution in [0.1, 0.15) is 0 Å². The Hall–Kier alpha value is -0.920. The van der Waals surface area contributed by atoms with Gasteiger partial charge in [-0.1, -0.05) is 82.8 Å². The maximum atomic E-state index is 6.42. The van der Waals surface area contributed by atoms with Gasteiger partial charge in [0.25, 0.3) is 0 Å². The van der Waals surface area contributed by atoms with Crippen LogP contribution in [0.4, 0.5) is 0 Å². The Morgan fingerprint density at radius 2 is 1.00 bits per heavy atom. The van der Waals surface area contributed by atoms with Crippen molar-refractivity contribution in [3.63, 3.8) is 0 Å². The molecule has 0 saturated carbocycles. The van der Waals surface area contributed by atoms with Gasteiger partial charge in [-0.05, 0) is 21.9 Å². The van der Waals surface area contributed by atoms with E-state index in [1.54, 1.807) is 0 Å². The second-order valence-electron chi connectivity index (χ2n) is 4.72. The highest BCUT2D eigenvalue weighted by molar-refractivity contribution is 6.55. The minimum absolute atomic E-state index is 0.307. The fourth-order valence-corrected chi connectivity index (χ4v) is 3.95. The van der Waals surface area contributed by atoms with Crippen LogP contribution in [0, 0.1) is 0 Å². The van der Waals surface area contributed by atoms with Crippen molar-refractivity contribution in [2.24, 2.45) is 0 Å². The summed E-state index contributed by atoms with van der Waals surface area (Å²) in [5.74, 6) is 0. The van der Waals surface area contributed by atoms with Crippen LogP contribution in [0.15, 0.2) is 36.4 Å². The van der Waals surface area contributed by atoms with E-state index in [-0.39, 0.29) is 0 Å². The molecule has 0 saturated heterocycles. The topological polar surface area (TPSA) is 0 Å². The summed E-state index contributed by atoms with van der Waals surface area (Å²) in [5, 5.41) is 3.83. The lowest BCUT2D eigenvalue weighted by molar-refractivity contribution is 1.68. The van der Waals surface area contributed by atoms with Crippen LogP contribution in [0.2, 0.25) is 20.1 Å². The summed E-state index contributed by atoms with van der Waals surface area (Å²) in [6, 6.07) is 12.2. The van der Waals surface area contributed by atoms with E-state index in [2.05, 4.69) is 12.1 Å². The van der Waals surface area contributed by atoms with E-state index in [0.717, 1.165) is 33.0 Å². The Kier molecular flexibility index (Phi) is 2.74. The molecule has 0 fully saturated rings. The van der Waals surface area contributed by atoms with E-state index < -0.39 is 0 Å². The SMILES string of the molecule is Clc1c(Cl)c(Cl)c2c(c1Cl)-c1cccc3cccc-2c13. The molecule has 0 bridgehead atoms. The zero-order chi connectivity index (χ0) is 14.0. The van der Waals surface area contributed by atoms with Crippen LogP contribution in [0.25, 0.3) is 33.0 Å². The molecule has 0 N–H and O–H groups in total. The highest BCUT2D eigenvalue weighted by atomic mass is 35.5. The normalized spacial score (nSPS) is 12.0. The van der Waals surface area contributed by atoms with Crippen LogP contribution < -0.4 is 0 Å². The Morgan fingerprint density at radius 1 is 0.550 bits per heavy atom. The molecular formula is C16H6Cl4. The number of rotatable bonds is 0. The Bertz CT molecular complexity index is 827. The smallest absolute Gasteiger partial charge is 0.0800 e. The molecule has 1 aliphatic rings. The third kappa shape index (κ3) is 1.46. The van der Waals surface area contributed by atoms with Gasteiger partial charge in [0.2, 0.25) is 0 Å². The molecule has 0 radical (unpaired) electrons. The van der Waals surface area contributed by atoms with Gasteiger partial charge in [-0.25, -0.2) is 0 Å². The van der Waals surface area contributed by atoms with Crippen molar-refractivity contribution >= 4 is 57.2 Å². The Balaban J connectivity index is 2.31. The summed E-state index contributed by atoms with van der Waals surface area (Å²) in [7, 11) is 0. The number of benzene rings is 3. The van der Waals surface area contributed by atoms with E-state index in [1.165, 1.54) is 0 Å². The van der Waals surface area contributed by atoms with Crippen LogP contribution in [0.3, 0.4) is 0 Å². The van der Waals surface area contributed by atoms with Gasteiger partial charge in [-0.2, -0.15) is 0 Å². The van der Waals surface area contributed by atoms with Crippen LogP contribution >= 0.6 is 46.4 Å². The van der Waals surface area contributed by atoms with Crippen LogP contribution in [0.5, 0.6) is 0 Å². The zero-order valence-electron chi connectivity index (χ0n) is 9.98. The summed E-state index contributed by atoms with van der Waals surface area (Å²) in [4.78, 5) is 0. The molecule has 0 heterocycles. The summed E-state index contributed by atoms with van der Waals surface area (Å²) < 4.78 is 0. The molecule has 4 rings (SSSR count). The predicted molar refractivity (Wildman–Crippen MR) is 88.4 cm³/mol. The second kappa shape index (κ2) is 4.29. The molecule has 0 amide bonds. The van der Waals surface area contributed by atoms with E-state index in [9.17, 15) is 0 Å². The fourth-order valence-electron chi connectivity index (χ4n) is 2.90. The lowest BCUT2D eigenvalue weighted by atomic mass is 10.0. The molecule has 3 aromatic carbocycles. The van der Waals surface area contributed by atoms with E-state index >= 15 is 0 Å². The molecule has 0 aliphatic heterocycles. The van der Waals surface area contributed by atoms with Crippen molar-refractivity contribution in [3.05, 3.63) is 56.5 Å². The highest BCUT2D eigenvalue weighted by Gasteiger charge is 2.29. The molecule has 1 aliphatic carbocycles. The molecule has 4 heteroatoms. The second-order valence-corrected chi connectivity index (χ2v) is 6.23. The molecule has 0 spiro atoms. The highest BCUT2D eigenvalue weighted by Crippen LogP contribution is 2.56. The predicted octanol–water partition coefficient (Wildman–Crippen LogP) is 7.10. The minimum Gasteiger partial charge on any atom is -0.0819 e. The summed E-state index contributed by atoms with van der Waals surface area (Å²) in [5.41, 5.74) is 3.85. The Morgan fingerprint density at radius 3 is 1.45 bits per heavy atom. The molecule has 0 aromatic heterocycles. The first-order chi connectivity index (χ1) is 9.61. The molecular weight excluding hydrogens is 334 g/mol. The van der Waals surface area contributed by atoms with Crippen molar-refractivity contribution in [3.8, 4) is 22.3 Å². The zero-order valence-corrected chi connectivity index (χ0v) is 13.0. The minimum atomic E-state index is 0.307. The van der Waals surface area contributed by atoms with Crippen molar-refractivity contribution in [2.75, 3.05) is 0 Å². The fraction of sp³-hybridized carbons (Fsp3) is 0. The Labute approximate surface area is 135 Å². The van der Waals surface area contributed by atoms with E-state index in [0.29, 0.717) is 20.1 Å². The van der Waals surface area contributed by atoms with Gasteiger partial charge >= 0.3 is 0 Å². The largest absolute Gasteiger partial charge is 0.0819 e. The average Bonchev–Trinajstić information content (AvgIpc) is 2.80. The maximum absolute atomic E-state index is 6.42. The van der Waals surface area contributed by atoms with Crippen molar-refractivity contribution in [1.29, 1.82) is 0 Å². The third-order valence-electron chi connectivity index (χ3n) is 3.71. The van der Waals surface area contributed by atoms with Crippen LogP contribution in [-0.2, 0) is 0 Å². The average molecular weight is 340 g/mol. The molecule has 20 heavy (non-hydrogen) atoms. The molecule has 3 aromatic rings. The first-order valence-corrected chi connectivity index (χ1v) is 7.51. The van der Waals surface area contributed by atoms with Gasteiger partial charge in [0.05, 0.1) is 20.1 Å². The number of hydrogen-bond donors (Lipinski definition) is 0. The van der Waals surface area contributed by atoms with Crippen molar-refractivity contribution in [1.82, 2.24) is 0 Å². The van der Waals surface area contributed by atoms with Gasteiger partial charge in [0, 0.05) is 11.1 Å². The standard InChI is InChI=1S/C16H6Cl4/c17-13-11-8-5-1-3-7-4-2-6-9(10(7)8)12(11)14(18)16(20)15(13)19/h1-6H. The summed E-state index contributed by atoms with van der Waals surface area (Å²) >= 11 is 25.2. The lowest BCUT2D eigenvalue weighted by Crippen LogP contribution is -1.84. The number of fused-ring (bicyclic) bond motifs is 3. The monoisotopic (exact) mass is 338 g/mol. The van der Waals surface area contributed by atoms with Gasteiger partial charge in [0.1, 0.15) is 0 Å². The maximum Gasteiger partial charge on any atom is 0.0800 e. The number of halogens is 4. The van der Waals surface area contributed by atoms with E-state index in [1.807, 2.05) is 24.3 Å². The first-order valence-electron chi connectivity index (χ1n) is 5.99. The van der Waals surface area contributed by atoms with Gasteiger partial charge < -0.3 is 0 Å².